The number of aryl methyl sites for hydroxylation is 1. The van der Waals surface area contributed by atoms with E-state index in [1.807, 2.05) is 0 Å². The third-order valence-corrected chi connectivity index (χ3v) is 4.87. The maximum atomic E-state index is 3.52. The molecule has 2 nitrogen and oxygen atoms in total. The topological polar surface area (TPSA) is 15.3 Å². The summed E-state index contributed by atoms with van der Waals surface area (Å²) in [7, 11) is 0. The normalized spacial score (nSPS) is 32.0. The van der Waals surface area contributed by atoms with E-state index in [4.69, 9.17) is 0 Å². The average Bonchev–Trinajstić information content (AvgIpc) is 3.00. The Morgan fingerprint density at radius 1 is 1.32 bits per heavy atom. The molecule has 0 aromatic heterocycles. The number of hydrogen-bond donors (Lipinski definition) is 1. The molecule has 2 heterocycles. The lowest BCUT2D eigenvalue weighted by Gasteiger charge is -2.33. The van der Waals surface area contributed by atoms with Gasteiger partial charge in [-0.05, 0) is 50.3 Å². The lowest BCUT2D eigenvalue weighted by molar-refractivity contribution is 0.165. The van der Waals surface area contributed by atoms with E-state index in [0.29, 0.717) is 11.5 Å². The summed E-state index contributed by atoms with van der Waals surface area (Å²) < 4.78 is 0. The van der Waals surface area contributed by atoms with Crippen LogP contribution in [0.25, 0.3) is 0 Å². The first-order valence-electron chi connectivity index (χ1n) is 7.68. The molecule has 3 rings (SSSR count). The van der Waals surface area contributed by atoms with Gasteiger partial charge in [0.05, 0.1) is 0 Å². The number of nitrogens with one attached hydrogen (secondary N) is 1. The zero-order valence-electron chi connectivity index (χ0n) is 12.3. The predicted molar refractivity (Wildman–Crippen MR) is 80.3 cm³/mol. The van der Waals surface area contributed by atoms with Crippen LogP contribution in [-0.2, 0) is 0 Å². The predicted octanol–water partition coefficient (Wildman–Crippen LogP) is 3.13. The monoisotopic (exact) mass is 258 g/mol. The molecular weight excluding hydrogens is 232 g/mol. The highest BCUT2D eigenvalue weighted by atomic mass is 15.2. The van der Waals surface area contributed by atoms with Gasteiger partial charge in [0.1, 0.15) is 0 Å². The van der Waals surface area contributed by atoms with Gasteiger partial charge in [0.2, 0.25) is 0 Å². The maximum Gasteiger partial charge on any atom is 0.0348 e. The van der Waals surface area contributed by atoms with Crippen molar-refractivity contribution in [1.29, 1.82) is 0 Å². The van der Waals surface area contributed by atoms with Crippen LogP contribution >= 0.6 is 0 Å². The van der Waals surface area contributed by atoms with Gasteiger partial charge in [-0.2, -0.15) is 0 Å². The van der Waals surface area contributed by atoms with E-state index in [2.05, 4.69) is 48.3 Å². The number of rotatable bonds is 3. The Labute approximate surface area is 117 Å². The molecule has 2 saturated heterocycles. The summed E-state index contributed by atoms with van der Waals surface area (Å²) in [4.78, 5) is 2.72. The molecule has 0 aliphatic carbocycles. The Balaban J connectivity index is 1.72. The Morgan fingerprint density at radius 3 is 2.79 bits per heavy atom. The Morgan fingerprint density at radius 2 is 2.11 bits per heavy atom. The number of hydrogen-bond acceptors (Lipinski definition) is 2. The van der Waals surface area contributed by atoms with Gasteiger partial charge in [-0.25, -0.2) is 0 Å². The van der Waals surface area contributed by atoms with Crippen molar-refractivity contribution in [3.05, 3.63) is 35.4 Å². The Hall–Kier alpha value is -0.860. The van der Waals surface area contributed by atoms with Gasteiger partial charge in [0, 0.05) is 19.1 Å². The van der Waals surface area contributed by atoms with Gasteiger partial charge >= 0.3 is 0 Å². The minimum Gasteiger partial charge on any atom is -0.316 e. The van der Waals surface area contributed by atoms with Crippen LogP contribution in [-0.4, -0.2) is 31.1 Å². The van der Waals surface area contributed by atoms with E-state index in [0.717, 1.165) is 0 Å². The summed E-state index contributed by atoms with van der Waals surface area (Å²) in [5.74, 6) is 0. The summed E-state index contributed by atoms with van der Waals surface area (Å²) >= 11 is 0. The van der Waals surface area contributed by atoms with E-state index >= 15 is 0 Å². The molecule has 0 saturated carbocycles. The van der Waals surface area contributed by atoms with Crippen molar-refractivity contribution in [2.45, 2.75) is 39.2 Å². The van der Waals surface area contributed by atoms with Crippen LogP contribution in [0.2, 0.25) is 0 Å². The molecule has 0 bridgehead atoms. The van der Waals surface area contributed by atoms with Crippen molar-refractivity contribution in [2.75, 3.05) is 26.2 Å². The number of nitrogens with zero attached hydrogens (tertiary/aromatic N) is 1. The van der Waals surface area contributed by atoms with Gasteiger partial charge in [0.15, 0.2) is 0 Å². The highest BCUT2D eigenvalue weighted by molar-refractivity contribution is 5.25. The summed E-state index contributed by atoms with van der Waals surface area (Å²) in [6.07, 6.45) is 4.00. The maximum absolute atomic E-state index is 3.52. The van der Waals surface area contributed by atoms with E-state index < -0.39 is 0 Å². The van der Waals surface area contributed by atoms with Gasteiger partial charge in [0.25, 0.3) is 0 Å². The quantitative estimate of drug-likeness (QED) is 0.896. The smallest absolute Gasteiger partial charge is 0.0348 e. The Kier molecular flexibility index (Phi) is 3.64. The van der Waals surface area contributed by atoms with Gasteiger partial charge < -0.3 is 5.32 Å². The molecule has 2 aliphatic heterocycles. The fourth-order valence-corrected chi connectivity index (χ4v) is 3.68. The van der Waals surface area contributed by atoms with E-state index in [9.17, 15) is 0 Å². The van der Waals surface area contributed by atoms with Gasteiger partial charge in [-0.15, -0.1) is 0 Å². The van der Waals surface area contributed by atoms with Crippen LogP contribution in [0.15, 0.2) is 24.3 Å². The van der Waals surface area contributed by atoms with Crippen LogP contribution in [0.1, 0.15) is 43.4 Å². The number of benzene rings is 1. The van der Waals surface area contributed by atoms with Crippen molar-refractivity contribution in [1.82, 2.24) is 10.2 Å². The van der Waals surface area contributed by atoms with Crippen LogP contribution in [0.5, 0.6) is 0 Å². The van der Waals surface area contributed by atoms with Crippen molar-refractivity contribution in [3.63, 3.8) is 0 Å². The molecule has 1 aromatic rings. The Bertz CT molecular complexity index is 417. The second-order valence-corrected chi connectivity index (χ2v) is 6.78. The zero-order valence-corrected chi connectivity index (χ0v) is 12.3. The highest BCUT2D eigenvalue weighted by Crippen LogP contribution is 2.36. The molecule has 2 heteroatoms. The number of likely N-dealkylation sites (tertiary alicyclic amines) is 1. The molecule has 1 N–H and O–H groups in total. The van der Waals surface area contributed by atoms with Crippen molar-refractivity contribution < 1.29 is 0 Å². The molecule has 104 valence electrons. The van der Waals surface area contributed by atoms with Crippen molar-refractivity contribution in [2.24, 2.45) is 5.41 Å². The minimum absolute atomic E-state index is 0.479. The van der Waals surface area contributed by atoms with E-state index in [1.165, 1.54) is 56.6 Å². The standard InChI is InChI=1S/C17H26N2/c1-14-5-7-15(8-6-14)16-4-3-11-19(16)13-17(2)9-10-18-12-17/h5-8,16,18H,3-4,9-13H2,1-2H3. The largest absolute Gasteiger partial charge is 0.316 e. The molecule has 0 amide bonds. The van der Waals surface area contributed by atoms with Gasteiger partial charge in [-0.3, -0.25) is 4.90 Å². The summed E-state index contributed by atoms with van der Waals surface area (Å²) in [6, 6.07) is 9.81. The third-order valence-electron chi connectivity index (χ3n) is 4.87. The molecule has 2 unspecified atom stereocenters. The lowest BCUT2D eigenvalue weighted by Crippen LogP contribution is -2.37. The lowest BCUT2D eigenvalue weighted by atomic mass is 9.88. The first kappa shape index (κ1) is 13.1. The molecule has 0 spiro atoms. The second-order valence-electron chi connectivity index (χ2n) is 6.78. The van der Waals surface area contributed by atoms with Crippen LogP contribution in [0.3, 0.4) is 0 Å². The second kappa shape index (κ2) is 5.26. The van der Waals surface area contributed by atoms with Crippen molar-refractivity contribution in [3.8, 4) is 0 Å². The van der Waals surface area contributed by atoms with E-state index in [1.54, 1.807) is 0 Å². The van der Waals surface area contributed by atoms with Crippen LogP contribution in [0, 0.1) is 12.3 Å². The molecule has 1 aromatic carbocycles. The first-order chi connectivity index (χ1) is 9.16. The third kappa shape index (κ3) is 2.85. The zero-order chi connectivity index (χ0) is 13.3. The molecule has 2 aliphatic rings. The SMILES string of the molecule is Cc1ccc(C2CCCN2CC2(C)CCNC2)cc1. The molecule has 19 heavy (non-hydrogen) atoms. The summed E-state index contributed by atoms with van der Waals surface area (Å²) in [5, 5.41) is 3.52. The van der Waals surface area contributed by atoms with Gasteiger partial charge in [-0.1, -0.05) is 36.8 Å². The highest BCUT2D eigenvalue weighted by Gasteiger charge is 2.35. The fraction of sp³-hybridized carbons (Fsp3) is 0.647. The first-order valence-corrected chi connectivity index (χ1v) is 7.68. The van der Waals surface area contributed by atoms with Crippen LogP contribution < -0.4 is 5.32 Å². The van der Waals surface area contributed by atoms with E-state index in [-0.39, 0.29) is 0 Å². The minimum atomic E-state index is 0.479. The molecular formula is C17H26N2. The van der Waals surface area contributed by atoms with Crippen molar-refractivity contribution >= 4 is 0 Å². The molecule has 2 atom stereocenters. The summed E-state index contributed by atoms with van der Waals surface area (Å²) in [5.41, 5.74) is 3.35. The summed E-state index contributed by atoms with van der Waals surface area (Å²) in [6.45, 7) is 9.51. The fourth-order valence-electron chi connectivity index (χ4n) is 3.68. The molecule has 2 fully saturated rings. The van der Waals surface area contributed by atoms with Crippen LogP contribution in [0.4, 0.5) is 0 Å². The molecule has 0 radical (unpaired) electrons. The average molecular weight is 258 g/mol.